The fourth-order valence-corrected chi connectivity index (χ4v) is 1.83. The summed E-state index contributed by atoms with van der Waals surface area (Å²) in [5.74, 6) is 0. The average molecular weight is 201 g/mol. The number of likely N-dealkylation sites (N-methyl/N-ethyl adjacent to an activating group) is 1. The molecule has 3 nitrogen and oxygen atoms in total. The van der Waals surface area contributed by atoms with E-state index in [1.165, 1.54) is 19.3 Å². The van der Waals surface area contributed by atoms with Gasteiger partial charge in [0.1, 0.15) is 0 Å². The minimum absolute atomic E-state index is 0.407. The number of nitrogens with one attached hydrogen (secondary N) is 1. The van der Waals surface area contributed by atoms with Crippen LogP contribution in [0.15, 0.2) is 0 Å². The molecule has 0 aromatic heterocycles. The highest BCUT2D eigenvalue weighted by molar-refractivity contribution is 4.74. The van der Waals surface area contributed by atoms with Gasteiger partial charge in [-0.25, -0.2) is 0 Å². The summed E-state index contributed by atoms with van der Waals surface area (Å²) < 4.78 is 11.2. The molecule has 1 N–H and O–H groups in total. The summed E-state index contributed by atoms with van der Waals surface area (Å²) in [5, 5.41) is 3.17. The molecule has 1 fully saturated rings. The molecule has 3 heteroatoms. The normalized spacial score (nSPS) is 30.2. The molecular formula is C11H23NO2. The number of hydrogen-bond donors (Lipinski definition) is 1. The van der Waals surface area contributed by atoms with Crippen molar-refractivity contribution >= 4 is 0 Å². The maximum Gasteiger partial charge on any atom is 0.0620 e. The summed E-state index contributed by atoms with van der Waals surface area (Å²) in [7, 11) is 3.76. The Morgan fingerprint density at radius 2 is 2.07 bits per heavy atom. The SMILES string of the molecule is CNC(C)COC1CCCC(OC)C1. The summed E-state index contributed by atoms with van der Waals surface area (Å²) in [6, 6.07) is 0.443. The van der Waals surface area contributed by atoms with Gasteiger partial charge in [0.2, 0.25) is 0 Å². The monoisotopic (exact) mass is 201 g/mol. The van der Waals surface area contributed by atoms with Crippen LogP contribution in [0.1, 0.15) is 32.6 Å². The molecule has 1 aliphatic carbocycles. The largest absolute Gasteiger partial charge is 0.381 e. The first-order chi connectivity index (χ1) is 6.76. The molecule has 0 radical (unpaired) electrons. The topological polar surface area (TPSA) is 30.5 Å². The van der Waals surface area contributed by atoms with Crippen molar-refractivity contribution in [3.63, 3.8) is 0 Å². The third kappa shape index (κ3) is 3.95. The van der Waals surface area contributed by atoms with E-state index in [1.54, 1.807) is 7.11 Å². The van der Waals surface area contributed by atoms with E-state index >= 15 is 0 Å². The van der Waals surface area contributed by atoms with Gasteiger partial charge in [-0.2, -0.15) is 0 Å². The van der Waals surface area contributed by atoms with Crippen molar-refractivity contribution in [1.82, 2.24) is 5.32 Å². The average Bonchev–Trinajstić information content (AvgIpc) is 2.26. The zero-order valence-corrected chi connectivity index (χ0v) is 9.58. The second kappa shape index (κ2) is 6.38. The number of rotatable bonds is 5. The van der Waals surface area contributed by atoms with Gasteiger partial charge in [0.15, 0.2) is 0 Å². The number of methoxy groups -OCH3 is 1. The second-order valence-electron chi connectivity index (χ2n) is 4.17. The predicted molar refractivity (Wildman–Crippen MR) is 57.5 cm³/mol. The van der Waals surface area contributed by atoms with E-state index in [0.717, 1.165) is 13.0 Å². The molecule has 3 unspecified atom stereocenters. The lowest BCUT2D eigenvalue weighted by atomic mass is 9.95. The van der Waals surface area contributed by atoms with Crippen LogP contribution >= 0.6 is 0 Å². The van der Waals surface area contributed by atoms with Crippen molar-refractivity contribution in [2.24, 2.45) is 0 Å². The fraction of sp³-hybridized carbons (Fsp3) is 1.00. The second-order valence-corrected chi connectivity index (χ2v) is 4.17. The molecule has 84 valence electrons. The van der Waals surface area contributed by atoms with Gasteiger partial charge in [-0.15, -0.1) is 0 Å². The lowest BCUT2D eigenvalue weighted by molar-refractivity contribution is -0.0338. The van der Waals surface area contributed by atoms with Gasteiger partial charge in [-0.05, 0) is 39.7 Å². The molecule has 0 aliphatic heterocycles. The van der Waals surface area contributed by atoms with E-state index in [0.29, 0.717) is 18.2 Å². The van der Waals surface area contributed by atoms with Crippen molar-refractivity contribution in [2.75, 3.05) is 20.8 Å². The Morgan fingerprint density at radius 1 is 1.36 bits per heavy atom. The molecular weight excluding hydrogens is 178 g/mol. The standard InChI is InChI=1S/C11H23NO2/c1-9(12-2)8-14-11-6-4-5-10(7-11)13-3/h9-12H,4-8H2,1-3H3. The van der Waals surface area contributed by atoms with E-state index in [9.17, 15) is 0 Å². The predicted octanol–water partition coefficient (Wildman–Crippen LogP) is 1.57. The van der Waals surface area contributed by atoms with Gasteiger partial charge in [-0.1, -0.05) is 0 Å². The first-order valence-corrected chi connectivity index (χ1v) is 5.58. The van der Waals surface area contributed by atoms with Crippen LogP contribution in [0.4, 0.5) is 0 Å². The van der Waals surface area contributed by atoms with E-state index in [-0.39, 0.29) is 0 Å². The molecule has 0 aromatic rings. The summed E-state index contributed by atoms with van der Waals surface area (Å²) in [6.07, 6.45) is 5.50. The van der Waals surface area contributed by atoms with Crippen molar-refractivity contribution < 1.29 is 9.47 Å². The maximum atomic E-state index is 5.83. The maximum absolute atomic E-state index is 5.83. The van der Waals surface area contributed by atoms with E-state index < -0.39 is 0 Å². The molecule has 1 rings (SSSR count). The molecule has 0 bridgehead atoms. The van der Waals surface area contributed by atoms with Crippen LogP contribution in [0.3, 0.4) is 0 Å². The minimum Gasteiger partial charge on any atom is -0.381 e. The van der Waals surface area contributed by atoms with E-state index in [4.69, 9.17) is 9.47 Å². The van der Waals surface area contributed by atoms with Gasteiger partial charge >= 0.3 is 0 Å². The number of hydrogen-bond acceptors (Lipinski definition) is 3. The van der Waals surface area contributed by atoms with E-state index in [2.05, 4.69) is 12.2 Å². The van der Waals surface area contributed by atoms with Crippen molar-refractivity contribution in [3.05, 3.63) is 0 Å². The zero-order chi connectivity index (χ0) is 10.4. The fourth-order valence-electron chi connectivity index (χ4n) is 1.83. The Bertz CT molecular complexity index is 152. The Labute approximate surface area is 87.2 Å². The molecule has 0 heterocycles. The first-order valence-electron chi connectivity index (χ1n) is 5.58. The van der Waals surface area contributed by atoms with Crippen LogP contribution in [0, 0.1) is 0 Å². The molecule has 0 aromatic carbocycles. The molecule has 3 atom stereocenters. The Kier molecular flexibility index (Phi) is 5.45. The zero-order valence-electron chi connectivity index (χ0n) is 9.58. The molecule has 1 saturated carbocycles. The quantitative estimate of drug-likeness (QED) is 0.732. The Morgan fingerprint density at radius 3 is 2.71 bits per heavy atom. The van der Waals surface area contributed by atoms with Crippen molar-refractivity contribution in [1.29, 1.82) is 0 Å². The van der Waals surface area contributed by atoms with Crippen LogP contribution in [0.5, 0.6) is 0 Å². The third-order valence-corrected chi connectivity index (χ3v) is 2.99. The highest BCUT2D eigenvalue weighted by Gasteiger charge is 2.22. The summed E-state index contributed by atoms with van der Waals surface area (Å²) in [4.78, 5) is 0. The highest BCUT2D eigenvalue weighted by atomic mass is 16.5. The molecule has 14 heavy (non-hydrogen) atoms. The van der Waals surface area contributed by atoms with Gasteiger partial charge in [0, 0.05) is 13.2 Å². The lowest BCUT2D eigenvalue weighted by Crippen LogP contribution is -2.33. The number of ether oxygens (including phenoxy) is 2. The smallest absolute Gasteiger partial charge is 0.0620 e. The molecule has 0 saturated heterocycles. The van der Waals surface area contributed by atoms with Crippen LogP contribution in [0.25, 0.3) is 0 Å². The van der Waals surface area contributed by atoms with Crippen LogP contribution in [-0.2, 0) is 9.47 Å². The molecule has 1 aliphatic rings. The lowest BCUT2D eigenvalue weighted by Gasteiger charge is -2.29. The third-order valence-electron chi connectivity index (χ3n) is 2.99. The van der Waals surface area contributed by atoms with Crippen LogP contribution in [-0.4, -0.2) is 39.0 Å². The minimum atomic E-state index is 0.407. The van der Waals surface area contributed by atoms with Crippen LogP contribution in [0.2, 0.25) is 0 Å². The summed E-state index contributed by atoms with van der Waals surface area (Å²) in [5.41, 5.74) is 0. The highest BCUT2D eigenvalue weighted by Crippen LogP contribution is 2.22. The molecule has 0 spiro atoms. The van der Waals surface area contributed by atoms with Gasteiger partial charge in [0.25, 0.3) is 0 Å². The van der Waals surface area contributed by atoms with Gasteiger partial charge in [0.05, 0.1) is 18.8 Å². The van der Waals surface area contributed by atoms with Crippen molar-refractivity contribution in [2.45, 2.75) is 50.9 Å². The van der Waals surface area contributed by atoms with Crippen LogP contribution < -0.4 is 5.32 Å². The Hall–Kier alpha value is -0.120. The van der Waals surface area contributed by atoms with Crippen molar-refractivity contribution in [3.8, 4) is 0 Å². The molecule has 0 amide bonds. The first kappa shape index (κ1) is 12.0. The van der Waals surface area contributed by atoms with Gasteiger partial charge < -0.3 is 14.8 Å². The van der Waals surface area contributed by atoms with Gasteiger partial charge in [-0.3, -0.25) is 0 Å². The summed E-state index contributed by atoms with van der Waals surface area (Å²) in [6.45, 7) is 2.94. The summed E-state index contributed by atoms with van der Waals surface area (Å²) >= 11 is 0. The Balaban J connectivity index is 2.17. The van der Waals surface area contributed by atoms with E-state index in [1.807, 2.05) is 7.05 Å².